The molecule has 8 nitrogen and oxygen atoms in total. The Morgan fingerprint density at radius 2 is 1.68 bits per heavy atom. The van der Waals surface area contributed by atoms with E-state index < -0.39 is 18.0 Å². The van der Waals surface area contributed by atoms with Crippen LogP contribution in [0.2, 0.25) is 0 Å². The third-order valence-corrected chi connectivity index (χ3v) is 5.69. The Morgan fingerprint density at radius 1 is 0.919 bits per heavy atom. The van der Waals surface area contributed by atoms with Crippen LogP contribution in [0, 0.1) is 0 Å². The van der Waals surface area contributed by atoms with Crippen molar-refractivity contribution >= 4 is 17.7 Å². The molecule has 0 bridgehead atoms. The minimum absolute atomic E-state index is 0.0826. The maximum atomic E-state index is 13.3. The first-order valence-corrected chi connectivity index (χ1v) is 11.7. The summed E-state index contributed by atoms with van der Waals surface area (Å²) in [5, 5.41) is 5.56. The summed E-state index contributed by atoms with van der Waals surface area (Å²) in [6.45, 7) is 0.426. The van der Waals surface area contributed by atoms with Gasteiger partial charge in [0, 0.05) is 24.0 Å². The van der Waals surface area contributed by atoms with Gasteiger partial charge in [-0.25, -0.2) is 9.78 Å². The molecule has 0 unspecified atom stereocenters. The highest BCUT2D eigenvalue weighted by atomic mass is 16.5. The molecule has 0 saturated heterocycles. The molecule has 188 valence electrons. The fourth-order valence-corrected chi connectivity index (χ4v) is 3.80. The van der Waals surface area contributed by atoms with Gasteiger partial charge in [0.1, 0.15) is 12.6 Å². The van der Waals surface area contributed by atoms with Crippen LogP contribution in [0.15, 0.2) is 97.2 Å². The number of nitrogens with one attached hydrogen (secondary N) is 2. The van der Waals surface area contributed by atoms with E-state index in [1.54, 1.807) is 37.6 Å². The quantitative estimate of drug-likeness (QED) is 0.306. The van der Waals surface area contributed by atoms with E-state index in [0.717, 1.165) is 22.3 Å². The van der Waals surface area contributed by atoms with Gasteiger partial charge in [-0.15, -0.1) is 0 Å². The van der Waals surface area contributed by atoms with Crippen LogP contribution in [0.4, 0.5) is 10.5 Å². The van der Waals surface area contributed by atoms with Gasteiger partial charge in [0.15, 0.2) is 0 Å². The van der Waals surface area contributed by atoms with Crippen molar-refractivity contribution in [1.82, 2.24) is 10.3 Å². The number of carbonyl (C=O) groups excluding carboxylic acids is 2. The summed E-state index contributed by atoms with van der Waals surface area (Å²) in [6, 6.07) is 26.5. The first-order valence-electron chi connectivity index (χ1n) is 11.7. The summed E-state index contributed by atoms with van der Waals surface area (Å²) in [6.07, 6.45) is 0.944. The van der Waals surface area contributed by atoms with Gasteiger partial charge in [-0.05, 0) is 46.5 Å². The lowest BCUT2D eigenvalue weighted by Gasteiger charge is -2.19. The molecular formula is C29H28N4O4. The lowest BCUT2D eigenvalue weighted by atomic mass is 10.0. The van der Waals surface area contributed by atoms with Crippen LogP contribution >= 0.6 is 0 Å². The van der Waals surface area contributed by atoms with E-state index in [2.05, 4.69) is 15.6 Å². The second-order valence-corrected chi connectivity index (χ2v) is 8.22. The van der Waals surface area contributed by atoms with E-state index in [9.17, 15) is 9.59 Å². The molecule has 0 aliphatic heterocycles. The number of amides is 2. The molecule has 1 atom stereocenters. The molecule has 8 heteroatoms. The zero-order valence-corrected chi connectivity index (χ0v) is 20.4. The predicted octanol–water partition coefficient (Wildman–Crippen LogP) is 4.82. The van der Waals surface area contributed by atoms with E-state index in [4.69, 9.17) is 15.2 Å². The smallest absolute Gasteiger partial charge is 0.408 e. The summed E-state index contributed by atoms with van der Waals surface area (Å²) >= 11 is 0. The first-order chi connectivity index (χ1) is 18.1. The van der Waals surface area contributed by atoms with E-state index in [1.807, 2.05) is 66.7 Å². The highest BCUT2D eigenvalue weighted by Gasteiger charge is 2.24. The van der Waals surface area contributed by atoms with Crippen molar-refractivity contribution in [3.8, 4) is 17.0 Å². The number of methoxy groups -OCH3 is 1. The lowest BCUT2D eigenvalue weighted by Crippen LogP contribution is -2.37. The monoisotopic (exact) mass is 496 g/mol. The number of aromatic nitrogens is 1. The number of pyridine rings is 1. The molecule has 0 fully saturated rings. The Bertz CT molecular complexity index is 1340. The van der Waals surface area contributed by atoms with E-state index >= 15 is 0 Å². The van der Waals surface area contributed by atoms with Crippen molar-refractivity contribution in [2.75, 3.05) is 12.4 Å². The van der Waals surface area contributed by atoms with Crippen molar-refractivity contribution in [3.05, 3.63) is 114 Å². The number of nitrogens with two attached hydrogens (primary N) is 1. The average Bonchev–Trinajstić information content (AvgIpc) is 2.95. The van der Waals surface area contributed by atoms with Crippen LogP contribution in [-0.2, 0) is 22.7 Å². The molecule has 1 heterocycles. The number of nitrogens with zero attached hydrogens (tertiary/aromatic N) is 1. The van der Waals surface area contributed by atoms with Crippen LogP contribution in [-0.4, -0.2) is 24.1 Å². The molecule has 3 aromatic carbocycles. The maximum absolute atomic E-state index is 13.3. The fraction of sp³-hybridized carbons (Fsp3) is 0.138. The van der Waals surface area contributed by atoms with Crippen LogP contribution in [0.3, 0.4) is 0 Å². The normalized spacial score (nSPS) is 11.3. The minimum atomic E-state index is -1.00. The largest absolute Gasteiger partial charge is 0.481 e. The zero-order valence-electron chi connectivity index (χ0n) is 20.4. The Hall–Kier alpha value is -4.69. The third kappa shape index (κ3) is 6.71. The highest BCUT2D eigenvalue weighted by Crippen LogP contribution is 2.29. The molecule has 37 heavy (non-hydrogen) atoms. The molecule has 4 aromatic rings. The van der Waals surface area contributed by atoms with Crippen LogP contribution in [0.1, 0.15) is 22.7 Å². The van der Waals surface area contributed by atoms with Crippen molar-refractivity contribution < 1.29 is 19.1 Å². The Labute approximate surface area is 215 Å². The highest BCUT2D eigenvalue weighted by molar-refractivity contribution is 5.97. The zero-order chi connectivity index (χ0) is 26.0. The second-order valence-electron chi connectivity index (χ2n) is 8.22. The molecule has 4 N–H and O–H groups in total. The third-order valence-electron chi connectivity index (χ3n) is 5.69. The van der Waals surface area contributed by atoms with Crippen LogP contribution in [0.5, 0.6) is 5.88 Å². The van der Waals surface area contributed by atoms with E-state index in [-0.39, 0.29) is 6.61 Å². The standard InChI is InChI=1S/C29H28N4O4/c1-36-28-25(11-6-16-31-28)22-12-14-23(15-13-22)26(27(34)32-24-10-5-9-21(17-24)18-30)33-29(35)37-19-20-7-3-2-4-8-20/h2-17,26H,18-19,30H2,1H3,(H,32,34)(H,33,35)/t26-/m1/s1. The number of hydrogen-bond acceptors (Lipinski definition) is 6. The maximum Gasteiger partial charge on any atom is 0.408 e. The molecule has 0 aliphatic carbocycles. The van der Waals surface area contributed by atoms with Crippen molar-refractivity contribution in [2.45, 2.75) is 19.2 Å². The van der Waals surface area contributed by atoms with Crippen molar-refractivity contribution in [1.29, 1.82) is 0 Å². The second kappa shape index (κ2) is 12.3. The van der Waals surface area contributed by atoms with Crippen molar-refractivity contribution in [2.24, 2.45) is 5.73 Å². The molecule has 0 aliphatic rings. The van der Waals surface area contributed by atoms with E-state index in [1.165, 1.54) is 0 Å². The number of benzene rings is 3. The predicted molar refractivity (Wildman–Crippen MR) is 142 cm³/mol. The van der Waals surface area contributed by atoms with Gasteiger partial charge in [-0.2, -0.15) is 0 Å². The number of alkyl carbamates (subject to hydrolysis) is 1. The topological polar surface area (TPSA) is 116 Å². The Morgan fingerprint density at radius 3 is 2.41 bits per heavy atom. The fourth-order valence-electron chi connectivity index (χ4n) is 3.80. The molecule has 1 aromatic heterocycles. The number of ether oxygens (including phenoxy) is 2. The summed E-state index contributed by atoms with van der Waals surface area (Å²) < 4.78 is 10.7. The number of hydrogen-bond donors (Lipinski definition) is 3. The summed E-state index contributed by atoms with van der Waals surface area (Å²) in [7, 11) is 1.56. The minimum Gasteiger partial charge on any atom is -0.481 e. The van der Waals surface area contributed by atoms with Gasteiger partial charge in [0.05, 0.1) is 7.11 Å². The average molecular weight is 497 g/mol. The SMILES string of the molecule is COc1ncccc1-c1ccc([C@@H](NC(=O)OCc2ccccc2)C(=O)Nc2cccc(CN)c2)cc1. The summed E-state index contributed by atoms with van der Waals surface area (Å²) in [5.74, 6) is 0.0736. The first kappa shape index (κ1) is 25.4. The lowest BCUT2D eigenvalue weighted by molar-refractivity contribution is -0.118. The van der Waals surface area contributed by atoms with E-state index in [0.29, 0.717) is 23.7 Å². The molecular weight excluding hydrogens is 468 g/mol. The van der Waals surface area contributed by atoms with Gasteiger partial charge in [0.25, 0.3) is 5.91 Å². The van der Waals surface area contributed by atoms with Gasteiger partial charge >= 0.3 is 6.09 Å². The Kier molecular flexibility index (Phi) is 8.46. The number of carbonyl (C=O) groups is 2. The van der Waals surface area contributed by atoms with Gasteiger partial charge in [0.2, 0.25) is 5.88 Å². The molecule has 4 rings (SSSR count). The van der Waals surface area contributed by atoms with Crippen LogP contribution < -0.4 is 21.1 Å². The van der Waals surface area contributed by atoms with Gasteiger partial charge in [-0.1, -0.05) is 66.7 Å². The molecule has 0 radical (unpaired) electrons. The van der Waals surface area contributed by atoms with Crippen molar-refractivity contribution in [3.63, 3.8) is 0 Å². The number of rotatable bonds is 9. The Balaban J connectivity index is 1.56. The molecule has 0 saturated carbocycles. The summed E-state index contributed by atoms with van der Waals surface area (Å²) in [4.78, 5) is 30.2. The van der Waals surface area contributed by atoms with Gasteiger partial charge in [-0.3, -0.25) is 4.79 Å². The van der Waals surface area contributed by atoms with Gasteiger partial charge < -0.3 is 25.8 Å². The summed E-state index contributed by atoms with van der Waals surface area (Å²) in [5.41, 5.74) is 10.3. The molecule has 2 amide bonds. The molecule has 0 spiro atoms. The number of anilines is 1. The van der Waals surface area contributed by atoms with Crippen LogP contribution in [0.25, 0.3) is 11.1 Å².